The van der Waals surface area contributed by atoms with Crippen LogP contribution in [0.15, 0.2) is 156 Å². The van der Waals surface area contributed by atoms with Crippen molar-refractivity contribution in [2.24, 2.45) is 16.8 Å². The Labute approximate surface area is 395 Å². The van der Waals surface area contributed by atoms with Crippen molar-refractivity contribution in [2.75, 3.05) is 0 Å². The standard InChI is InChI=1S/C64H68N2/c1-5-17-43(18-6-1)44-27-31-46(32-28-44)59-42-60(66-62(65-59)48-19-7-2-8-20-48)47-33-29-45(30-34-47)49-21-15-22-50(39-49)51-24-16-26-56-61(51)54-41-57-53(40-58(54)64(56)37-13-4-14-38-64)52-23-9-10-25-55(52)63(57)35-11-3-12-36-63/h1-2,5-7,15,17,21-25,27-29,31-34,39-43,45,48,56,60-61H,3-4,8-14,16,18-20,26,30,35-38H2,(H,65,66). The lowest BCUT2D eigenvalue weighted by Gasteiger charge is -2.43. The van der Waals surface area contributed by atoms with E-state index in [1.165, 1.54) is 123 Å². The Morgan fingerprint density at radius 3 is 2.27 bits per heavy atom. The molecule has 334 valence electrons. The quantitative estimate of drug-likeness (QED) is 0.245. The number of benzene rings is 3. The lowest BCUT2D eigenvalue weighted by atomic mass is 9.60. The summed E-state index contributed by atoms with van der Waals surface area (Å²) < 4.78 is 0. The van der Waals surface area contributed by atoms with Gasteiger partial charge in [0.25, 0.3) is 0 Å². The van der Waals surface area contributed by atoms with E-state index in [9.17, 15) is 0 Å². The molecule has 0 saturated heterocycles. The van der Waals surface area contributed by atoms with Gasteiger partial charge in [0, 0.05) is 34.8 Å². The molecule has 0 amide bonds. The molecule has 66 heavy (non-hydrogen) atoms. The molecule has 0 bridgehead atoms. The maximum absolute atomic E-state index is 5.47. The first-order valence-corrected chi connectivity index (χ1v) is 26.6. The zero-order chi connectivity index (χ0) is 43.7. The van der Waals surface area contributed by atoms with Crippen LogP contribution in [-0.4, -0.2) is 11.9 Å². The van der Waals surface area contributed by atoms with Crippen LogP contribution >= 0.6 is 0 Å². The normalized spacial score (nSPS) is 29.9. The highest BCUT2D eigenvalue weighted by Gasteiger charge is 2.56. The number of amidine groups is 1. The van der Waals surface area contributed by atoms with Gasteiger partial charge < -0.3 is 5.32 Å². The number of rotatable bonds is 6. The highest BCUT2D eigenvalue weighted by atomic mass is 15.1. The molecule has 1 N–H and O–H groups in total. The zero-order valence-corrected chi connectivity index (χ0v) is 39.1. The smallest absolute Gasteiger partial charge is 0.105 e. The fourth-order valence-electron chi connectivity index (χ4n) is 15.3. The molecule has 1 aliphatic heterocycles. The first kappa shape index (κ1) is 41.0. The second-order valence-electron chi connectivity index (χ2n) is 21.9. The molecule has 2 saturated carbocycles. The summed E-state index contributed by atoms with van der Waals surface area (Å²) in [6.07, 6.45) is 55.6. The summed E-state index contributed by atoms with van der Waals surface area (Å²) >= 11 is 0. The lowest BCUT2D eigenvalue weighted by molar-refractivity contribution is 0.189. The van der Waals surface area contributed by atoms with Gasteiger partial charge in [-0.05, 0) is 174 Å². The van der Waals surface area contributed by atoms with Crippen molar-refractivity contribution in [3.8, 4) is 0 Å². The highest BCUT2D eigenvalue weighted by molar-refractivity contribution is 5.95. The van der Waals surface area contributed by atoms with E-state index in [2.05, 4.69) is 145 Å². The number of nitrogens with one attached hydrogen (secondary N) is 1. The number of hydrogen-bond donors (Lipinski definition) is 1. The van der Waals surface area contributed by atoms with Gasteiger partial charge in [0.2, 0.25) is 0 Å². The second-order valence-corrected chi connectivity index (χ2v) is 21.9. The molecule has 3 aromatic carbocycles. The van der Waals surface area contributed by atoms with Crippen molar-refractivity contribution in [3.63, 3.8) is 0 Å². The average molecular weight is 865 g/mol. The fraction of sp³-hybridized carbons (Fsp3) is 0.422. The number of fused-ring (bicyclic) bond motifs is 10. The molecule has 0 aromatic heterocycles. The first-order chi connectivity index (χ1) is 32.6. The van der Waals surface area contributed by atoms with Gasteiger partial charge in [-0.1, -0.05) is 166 Å². The van der Waals surface area contributed by atoms with E-state index < -0.39 is 0 Å². The van der Waals surface area contributed by atoms with E-state index in [1.807, 2.05) is 0 Å². The Bertz CT molecular complexity index is 2740. The van der Waals surface area contributed by atoms with Crippen molar-refractivity contribution in [1.82, 2.24) is 5.32 Å². The second kappa shape index (κ2) is 16.8. The summed E-state index contributed by atoms with van der Waals surface area (Å²) in [7, 11) is 0. The van der Waals surface area contributed by atoms with Crippen LogP contribution in [0.5, 0.6) is 0 Å². The molecule has 0 radical (unpaired) electrons. The predicted molar refractivity (Wildman–Crippen MR) is 277 cm³/mol. The van der Waals surface area contributed by atoms with Gasteiger partial charge in [-0.15, -0.1) is 0 Å². The molecule has 6 atom stereocenters. The van der Waals surface area contributed by atoms with Crippen LogP contribution < -0.4 is 5.32 Å². The van der Waals surface area contributed by atoms with E-state index in [0.29, 0.717) is 35.0 Å². The molecule has 2 heteroatoms. The molecular formula is C64H68N2. The van der Waals surface area contributed by atoms with Crippen molar-refractivity contribution in [3.05, 3.63) is 195 Å². The third-order valence-electron chi connectivity index (χ3n) is 18.5. The minimum atomic E-state index is 0.0152. The van der Waals surface area contributed by atoms with Gasteiger partial charge >= 0.3 is 0 Å². The fourth-order valence-corrected chi connectivity index (χ4v) is 15.3. The number of allylic oxidation sites excluding steroid dienone is 14. The van der Waals surface area contributed by atoms with Crippen LogP contribution in [0.2, 0.25) is 0 Å². The molecule has 9 aliphatic carbocycles. The van der Waals surface area contributed by atoms with Gasteiger partial charge in [0.15, 0.2) is 0 Å². The van der Waals surface area contributed by atoms with Crippen LogP contribution in [0, 0.1) is 11.8 Å². The Morgan fingerprint density at radius 2 is 1.47 bits per heavy atom. The molecule has 2 nitrogen and oxygen atoms in total. The third kappa shape index (κ3) is 6.81. The molecule has 2 fully saturated rings. The molecule has 6 unspecified atom stereocenters. The van der Waals surface area contributed by atoms with Crippen molar-refractivity contribution in [2.45, 2.75) is 157 Å². The minimum absolute atomic E-state index is 0.0152. The molecule has 1 heterocycles. The van der Waals surface area contributed by atoms with Crippen LogP contribution in [0.1, 0.15) is 184 Å². The van der Waals surface area contributed by atoms with Crippen molar-refractivity contribution < 1.29 is 0 Å². The summed E-state index contributed by atoms with van der Waals surface area (Å²) in [4.78, 5) is 5.47. The average Bonchev–Trinajstić information content (AvgIpc) is 3.81. The Balaban J connectivity index is 0.805. The summed E-state index contributed by atoms with van der Waals surface area (Å²) in [5.41, 5.74) is 20.5. The zero-order valence-electron chi connectivity index (χ0n) is 39.1. The highest BCUT2D eigenvalue weighted by Crippen LogP contribution is 2.67. The number of nitrogens with zero attached hydrogens (tertiary/aromatic N) is 1. The van der Waals surface area contributed by atoms with E-state index in [0.717, 1.165) is 37.9 Å². The largest absolute Gasteiger partial charge is 0.343 e. The van der Waals surface area contributed by atoms with E-state index in [1.54, 1.807) is 39.0 Å². The van der Waals surface area contributed by atoms with Crippen LogP contribution in [-0.2, 0) is 10.8 Å². The maximum atomic E-state index is 5.47. The number of hydrogen-bond acceptors (Lipinski definition) is 2. The van der Waals surface area contributed by atoms with Gasteiger partial charge in [-0.25, -0.2) is 0 Å². The lowest BCUT2D eigenvalue weighted by Crippen LogP contribution is -2.36. The molecule has 13 rings (SSSR count). The Kier molecular flexibility index (Phi) is 10.5. The molecular weight excluding hydrogens is 797 g/mol. The van der Waals surface area contributed by atoms with Gasteiger partial charge in [0.05, 0.1) is 6.04 Å². The minimum Gasteiger partial charge on any atom is -0.343 e. The van der Waals surface area contributed by atoms with Gasteiger partial charge in [-0.3, -0.25) is 4.99 Å². The SMILES string of the molecule is C1=CCC(c2ccc(C3=CC(C4=CCC(c5cccc(C6=CCCC7C6c6cc8c(cc6C76CCCCC6)C6=CCCC=C6C86CCCCC6)c5)C=C4)N=C(C4CC=CCC4)N3)cc2)C=C1. The third-order valence-corrected chi connectivity index (χ3v) is 18.5. The Hall–Kier alpha value is -5.21. The van der Waals surface area contributed by atoms with Crippen molar-refractivity contribution in [1.29, 1.82) is 0 Å². The number of aliphatic imine (C=N–C) groups is 1. The monoisotopic (exact) mass is 865 g/mol. The summed E-state index contributed by atoms with van der Waals surface area (Å²) in [5.74, 6) is 3.62. The van der Waals surface area contributed by atoms with Crippen molar-refractivity contribution >= 4 is 22.7 Å². The molecule has 3 aromatic rings. The van der Waals surface area contributed by atoms with Gasteiger partial charge in [-0.2, -0.15) is 0 Å². The van der Waals surface area contributed by atoms with E-state index in [-0.39, 0.29) is 11.5 Å². The van der Waals surface area contributed by atoms with E-state index in [4.69, 9.17) is 4.99 Å². The topological polar surface area (TPSA) is 24.4 Å². The van der Waals surface area contributed by atoms with Crippen LogP contribution in [0.3, 0.4) is 0 Å². The summed E-state index contributed by atoms with van der Waals surface area (Å²) in [5, 5.41) is 3.85. The molecule has 10 aliphatic rings. The summed E-state index contributed by atoms with van der Waals surface area (Å²) in [6, 6.07) is 24.9. The first-order valence-electron chi connectivity index (χ1n) is 26.6. The summed E-state index contributed by atoms with van der Waals surface area (Å²) in [6.45, 7) is 0. The van der Waals surface area contributed by atoms with Gasteiger partial charge in [0.1, 0.15) is 5.84 Å². The maximum Gasteiger partial charge on any atom is 0.105 e. The van der Waals surface area contributed by atoms with Crippen LogP contribution in [0.4, 0.5) is 0 Å². The van der Waals surface area contributed by atoms with Crippen LogP contribution in [0.25, 0.3) is 16.8 Å². The predicted octanol–water partition coefficient (Wildman–Crippen LogP) is 16.1. The van der Waals surface area contributed by atoms with E-state index >= 15 is 0 Å². The molecule has 2 spiro atoms. The Morgan fingerprint density at radius 1 is 0.621 bits per heavy atom.